The second kappa shape index (κ2) is 14.9. The van der Waals surface area contributed by atoms with Gasteiger partial charge in [-0.2, -0.15) is 0 Å². The number of hydrogen-bond donors (Lipinski definition) is 4. The van der Waals surface area contributed by atoms with E-state index in [1.165, 1.54) is 19.1 Å². The molecule has 2 aliphatic carbocycles. The second-order valence-electron chi connectivity index (χ2n) is 12.3. The van der Waals surface area contributed by atoms with Crippen molar-refractivity contribution in [2.75, 3.05) is 47.1 Å². The number of nitrogens with one attached hydrogen (secondary N) is 1. The van der Waals surface area contributed by atoms with Crippen LogP contribution >= 0.6 is 0 Å². The first-order chi connectivity index (χ1) is 20.6. The van der Waals surface area contributed by atoms with Crippen LogP contribution in [0.3, 0.4) is 0 Å². The Hall–Kier alpha value is -2.70. The minimum atomic E-state index is -1.20. The molecule has 4 rings (SSSR count). The van der Waals surface area contributed by atoms with Gasteiger partial charge in [0.15, 0.2) is 11.5 Å². The van der Waals surface area contributed by atoms with Crippen molar-refractivity contribution < 1.29 is 43.9 Å². The molecule has 4 N–H and O–H groups in total. The Morgan fingerprint density at radius 3 is 2.60 bits per heavy atom. The SMILES string of the molecule is COCCN(C(=O)COC1CC(C)CCC1C(C)C)C1C=C(C(=O)NCCO)C2c3cc(CO)cc(OC)c3OC2C1O. The summed E-state index contributed by atoms with van der Waals surface area (Å²) < 4.78 is 23.4. The first kappa shape index (κ1) is 33.2. The number of benzene rings is 1. The molecule has 1 aromatic carbocycles. The van der Waals surface area contributed by atoms with E-state index in [0.29, 0.717) is 46.0 Å². The van der Waals surface area contributed by atoms with E-state index in [1.807, 2.05) is 0 Å². The molecule has 240 valence electrons. The molecule has 0 bridgehead atoms. The van der Waals surface area contributed by atoms with Gasteiger partial charge in [-0.15, -0.1) is 0 Å². The van der Waals surface area contributed by atoms with E-state index in [0.717, 1.165) is 19.3 Å². The second-order valence-corrected chi connectivity index (χ2v) is 12.3. The third-order valence-electron chi connectivity index (χ3n) is 9.09. The molecular weight excluding hydrogens is 556 g/mol. The highest BCUT2D eigenvalue weighted by Crippen LogP contribution is 2.51. The number of aliphatic hydroxyl groups is 3. The molecule has 1 aromatic rings. The number of carbonyl (C=O) groups is 2. The smallest absolute Gasteiger partial charge is 0.249 e. The van der Waals surface area contributed by atoms with E-state index in [-0.39, 0.29) is 51.5 Å². The van der Waals surface area contributed by atoms with Crippen molar-refractivity contribution in [3.8, 4) is 11.5 Å². The highest BCUT2D eigenvalue weighted by atomic mass is 16.5. The van der Waals surface area contributed by atoms with Gasteiger partial charge in [0.2, 0.25) is 11.8 Å². The van der Waals surface area contributed by atoms with Crippen molar-refractivity contribution in [3.63, 3.8) is 0 Å². The molecule has 2 amide bonds. The number of nitrogens with zero attached hydrogens (tertiary/aromatic N) is 1. The van der Waals surface area contributed by atoms with Gasteiger partial charge in [0, 0.05) is 31.3 Å². The van der Waals surface area contributed by atoms with E-state index in [9.17, 15) is 24.9 Å². The fraction of sp³-hybridized carbons (Fsp3) is 0.688. The summed E-state index contributed by atoms with van der Waals surface area (Å²) in [6, 6.07) is 2.48. The fourth-order valence-corrected chi connectivity index (χ4v) is 6.82. The van der Waals surface area contributed by atoms with Gasteiger partial charge in [0.05, 0.1) is 45.0 Å². The Morgan fingerprint density at radius 1 is 1.19 bits per heavy atom. The maximum absolute atomic E-state index is 13.8. The maximum atomic E-state index is 13.8. The van der Waals surface area contributed by atoms with Gasteiger partial charge in [-0.05, 0) is 54.4 Å². The van der Waals surface area contributed by atoms with Crippen LogP contribution in [-0.2, 0) is 25.7 Å². The topological polar surface area (TPSA) is 147 Å². The Morgan fingerprint density at radius 2 is 1.95 bits per heavy atom. The number of methoxy groups -OCH3 is 2. The molecule has 11 nitrogen and oxygen atoms in total. The van der Waals surface area contributed by atoms with Crippen LogP contribution in [0.1, 0.15) is 57.1 Å². The largest absolute Gasteiger partial charge is 0.493 e. The average Bonchev–Trinajstić information content (AvgIpc) is 3.39. The molecule has 7 atom stereocenters. The van der Waals surface area contributed by atoms with E-state index < -0.39 is 30.1 Å². The molecule has 1 saturated carbocycles. The normalized spacial score (nSPS) is 28.0. The van der Waals surface area contributed by atoms with Crippen LogP contribution in [0.25, 0.3) is 0 Å². The quantitative estimate of drug-likeness (QED) is 0.265. The Bertz CT molecular complexity index is 1160. The summed E-state index contributed by atoms with van der Waals surface area (Å²) in [4.78, 5) is 28.8. The summed E-state index contributed by atoms with van der Waals surface area (Å²) in [7, 11) is 3.02. The molecule has 1 fully saturated rings. The Balaban J connectivity index is 1.67. The van der Waals surface area contributed by atoms with Crippen LogP contribution in [-0.4, -0.2) is 104 Å². The zero-order valence-electron chi connectivity index (χ0n) is 26.0. The van der Waals surface area contributed by atoms with E-state index in [2.05, 4.69) is 26.1 Å². The van der Waals surface area contributed by atoms with Gasteiger partial charge in [-0.1, -0.05) is 27.2 Å². The van der Waals surface area contributed by atoms with Gasteiger partial charge >= 0.3 is 0 Å². The van der Waals surface area contributed by atoms with Crippen LogP contribution < -0.4 is 14.8 Å². The molecular formula is C32H48N2O9. The van der Waals surface area contributed by atoms with Crippen LogP contribution in [0.4, 0.5) is 0 Å². The average molecular weight is 605 g/mol. The Labute approximate surface area is 254 Å². The third-order valence-corrected chi connectivity index (χ3v) is 9.09. The van der Waals surface area contributed by atoms with Gasteiger partial charge in [0.1, 0.15) is 18.8 Å². The van der Waals surface area contributed by atoms with Gasteiger partial charge in [-0.25, -0.2) is 0 Å². The summed E-state index contributed by atoms with van der Waals surface area (Å²) in [6.07, 6.45) is 2.56. The molecule has 1 aliphatic heterocycles. The first-order valence-corrected chi connectivity index (χ1v) is 15.3. The zero-order valence-corrected chi connectivity index (χ0v) is 26.0. The highest BCUT2D eigenvalue weighted by Gasteiger charge is 2.51. The summed E-state index contributed by atoms with van der Waals surface area (Å²) in [6.45, 7) is 6.34. The third kappa shape index (κ3) is 7.17. The summed E-state index contributed by atoms with van der Waals surface area (Å²) >= 11 is 0. The standard InChI is InChI=1S/C32H48N2O9/c1-18(2)21-7-6-19(3)12-25(21)42-17-27(37)34(9-11-40-4)24-15-23(32(39)33-8-10-35)28-22-13-20(16-36)14-26(41-5)30(22)43-31(28)29(24)38/h13-15,18-19,21,24-25,28-29,31,35-36,38H,6-12,16-17H2,1-5H3,(H,33,39). The predicted molar refractivity (Wildman–Crippen MR) is 159 cm³/mol. The molecule has 1 heterocycles. The number of aliphatic hydroxyl groups excluding tert-OH is 3. The summed E-state index contributed by atoms with van der Waals surface area (Å²) in [5.74, 6) is 0.608. The number of fused-ring (bicyclic) bond motifs is 3. The molecule has 0 aromatic heterocycles. The van der Waals surface area contributed by atoms with Crippen molar-refractivity contribution in [2.45, 2.75) is 76.9 Å². The van der Waals surface area contributed by atoms with Crippen LogP contribution in [0.2, 0.25) is 0 Å². The van der Waals surface area contributed by atoms with Crippen LogP contribution in [0.15, 0.2) is 23.8 Å². The number of ether oxygens (including phenoxy) is 4. The summed E-state index contributed by atoms with van der Waals surface area (Å²) in [5.41, 5.74) is 1.46. The molecule has 7 unspecified atom stereocenters. The van der Waals surface area contributed by atoms with E-state index in [4.69, 9.17) is 18.9 Å². The van der Waals surface area contributed by atoms with E-state index >= 15 is 0 Å². The lowest BCUT2D eigenvalue weighted by Gasteiger charge is -2.41. The van der Waals surface area contributed by atoms with Crippen molar-refractivity contribution in [1.29, 1.82) is 0 Å². The minimum absolute atomic E-state index is 0.0332. The van der Waals surface area contributed by atoms with Crippen molar-refractivity contribution in [1.82, 2.24) is 10.2 Å². The number of carbonyl (C=O) groups excluding carboxylic acids is 2. The van der Waals surface area contributed by atoms with Crippen LogP contribution in [0.5, 0.6) is 11.5 Å². The lowest BCUT2D eigenvalue weighted by Crippen LogP contribution is -2.57. The van der Waals surface area contributed by atoms with Crippen LogP contribution in [0, 0.1) is 17.8 Å². The molecule has 0 radical (unpaired) electrons. The minimum Gasteiger partial charge on any atom is -0.493 e. The van der Waals surface area contributed by atoms with Crippen molar-refractivity contribution in [3.05, 3.63) is 34.9 Å². The monoisotopic (exact) mass is 604 g/mol. The van der Waals surface area contributed by atoms with Gasteiger partial charge in [0.25, 0.3) is 0 Å². The molecule has 0 saturated heterocycles. The molecule has 11 heteroatoms. The molecule has 3 aliphatic rings. The number of amides is 2. The summed E-state index contributed by atoms with van der Waals surface area (Å²) in [5, 5.41) is 33.7. The number of rotatable bonds is 13. The van der Waals surface area contributed by atoms with Gasteiger partial charge in [-0.3, -0.25) is 9.59 Å². The lowest BCUT2D eigenvalue weighted by atomic mass is 9.75. The number of hydrogen-bond acceptors (Lipinski definition) is 9. The lowest BCUT2D eigenvalue weighted by molar-refractivity contribution is -0.147. The first-order valence-electron chi connectivity index (χ1n) is 15.3. The molecule has 43 heavy (non-hydrogen) atoms. The molecule has 0 spiro atoms. The highest BCUT2D eigenvalue weighted by molar-refractivity contribution is 5.96. The zero-order chi connectivity index (χ0) is 31.3. The van der Waals surface area contributed by atoms with Gasteiger partial charge < -0.3 is 44.5 Å². The van der Waals surface area contributed by atoms with Crippen molar-refractivity contribution in [2.24, 2.45) is 17.8 Å². The van der Waals surface area contributed by atoms with E-state index in [1.54, 1.807) is 18.2 Å². The Kier molecular flexibility index (Phi) is 11.5. The fourth-order valence-electron chi connectivity index (χ4n) is 6.82. The predicted octanol–water partition coefficient (Wildman–Crippen LogP) is 1.76. The maximum Gasteiger partial charge on any atom is 0.249 e. The van der Waals surface area contributed by atoms with Crippen molar-refractivity contribution >= 4 is 11.8 Å².